The Morgan fingerprint density at radius 2 is 1.72 bits per heavy atom. The van der Waals surface area contributed by atoms with Crippen LogP contribution in [0.15, 0.2) is 30.5 Å². The van der Waals surface area contributed by atoms with Gasteiger partial charge in [0.1, 0.15) is 5.75 Å². The minimum absolute atomic E-state index is 0.0682. The highest BCUT2D eigenvalue weighted by molar-refractivity contribution is 7.86. The Morgan fingerprint density at radius 1 is 0.969 bits per heavy atom. The fraction of sp³-hybridized carbons (Fsp3) is 0.591. The summed E-state index contributed by atoms with van der Waals surface area (Å²) in [6.45, 7) is 4.15. The molecule has 10 heteroatoms. The zero-order valence-electron chi connectivity index (χ0n) is 18.6. The maximum atomic E-state index is 12.8. The van der Waals surface area contributed by atoms with E-state index in [0.717, 1.165) is 30.3 Å². The van der Waals surface area contributed by atoms with Gasteiger partial charge in [-0.3, -0.25) is 4.79 Å². The molecule has 4 rings (SSSR count). The molecule has 0 atom stereocenters. The smallest absolute Gasteiger partial charge is 0.282 e. The number of ether oxygens (including phenoxy) is 2. The van der Waals surface area contributed by atoms with Crippen molar-refractivity contribution in [2.45, 2.75) is 25.8 Å². The van der Waals surface area contributed by atoms with Crippen LogP contribution in [-0.4, -0.2) is 92.0 Å². The zero-order valence-corrected chi connectivity index (χ0v) is 19.4. The fourth-order valence-corrected chi connectivity index (χ4v) is 6.11. The summed E-state index contributed by atoms with van der Waals surface area (Å²) in [6.07, 6.45) is 4.44. The second kappa shape index (κ2) is 10.2. The molecule has 1 aromatic carbocycles. The first-order chi connectivity index (χ1) is 15.5. The van der Waals surface area contributed by atoms with Gasteiger partial charge >= 0.3 is 0 Å². The molecule has 32 heavy (non-hydrogen) atoms. The second-order valence-electron chi connectivity index (χ2n) is 8.23. The van der Waals surface area contributed by atoms with Gasteiger partial charge in [0, 0.05) is 64.5 Å². The van der Waals surface area contributed by atoms with Gasteiger partial charge in [0.05, 0.1) is 12.1 Å². The van der Waals surface area contributed by atoms with Crippen molar-refractivity contribution in [2.75, 3.05) is 59.6 Å². The van der Waals surface area contributed by atoms with Gasteiger partial charge in [0.25, 0.3) is 16.1 Å². The van der Waals surface area contributed by atoms with Crippen LogP contribution in [0, 0.1) is 0 Å². The van der Waals surface area contributed by atoms with Crippen LogP contribution in [0.3, 0.4) is 0 Å². The van der Waals surface area contributed by atoms with Crippen LogP contribution in [0.1, 0.15) is 19.3 Å². The van der Waals surface area contributed by atoms with E-state index < -0.39 is 10.2 Å². The highest BCUT2D eigenvalue weighted by atomic mass is 32.2. The van der Waals surface area contributed by atoms with Crippen molar-refractivity contribution in [1.82, 2.24) is 18.1 Å². The van der Waals surface area contributed by atoms with E-state index in [0.29, 0.717) is 58.0 Å². The third-order valence-electron chi connectivity index (χ3n) is 6.19. The van der Waals surface area contributed by atoms with Gasteiger partial charge in [0.2, 0.25) is 0 Å². The number of carbonyl (C=O) groups excluding carboxylic acids is 1. The molecule has 0 aliphatic carbocycles. The van der Waals surface area contributed by atoms with Gasteiger partial charge < -0.3 is 18.9 Å². The SMILES string of the molecule is COCCn1ccc2c(OCC(=O)N3CCCN(S(=O)(=O)N4CCCC4)CC3)cccc21. The standard InChI is InChI=1S/C22H32N4O5S/c1-30-17-16-23-13-8-19-20(23)6-4-7-21(19)31-18-22(27)24-9-5-12-26(15-14-24)32(28,29)25-10-2-3-11-25/h4,6-8,13H,2-3,5,9-12,14-18H2,1H3. The molecule has 9 nitrogen and oxygen atoms in total. The van der Waals surface area contributed by atoms with Crippen molar-refractivity contribution >= 4 is 27.0 Å². The van der Waals surface area contributed by atoms with E-state index in [4.69, 9.17) is 9.47 Å². The Kier molecular flexibility index (Phi) is 7.34. The Bertz CT molecular complexity index is 1030. The van der Waals surface area contributed by atoms with Crippen molar-refractivity contribution in [1.29, 1.82) is 0 Å². The molecule has 176 valence electrons. The molecule has 2 aromatic rings. The summed E-state index contributed by atoms with van der Waals surface area (Å²) in [4.78, 5) is 14.5. The molecule has 1 amide bonds. The maximum Gasteiger partial charge on any atom is 0.282 e. The minimum Gasteiger partial charge on any atom is -0.483 e. The van der Waals surface area contributed by atoms with Gasteiger partial charge in [0.15, 0.2) is 6.61 Å². The predicted octanol–water partition coefficient (Wildman–Crippen LogP) is 1.54. The zero-order chi connectivity index (χ0) is 22.6. The highest BCUT2D eigenvalue weighted by Gasteiger charge is 2.33. The van der Waals surface area contributed by atoms with Gasteiger partial charge in [-0.25, -0.2) is 0 Å². The molecule has 2 aliphatic rings. The average molecular weight is 465 g/mol. The van der Waals surface area contributed by atoms with Crippen LogP contribution >= 0.6 is 0 Å². The van der Waals surface area contributed by atoms with Crippen LogP contribution in [0.5, 0.6) is 5.75 Å². The number of benzene rings is 1. The number of hydrogen-bond donors (Lipinski definition) is 0. The fourth-order valence-electron chi connectivity index (χ4n) is 4.39. The van der Waals surface area contributed by atoms with Crippen molar-refractivity contribution < 1.29 is 22.7 Å². The van der Waals surface area contributed by atoms with Crippen molar-refractivity contribution in [2.24, 2.45) is 0 Å². The average Bonchev–Trinajstić information content (AvgIpc) is 3.41. The lowest BCUT2D eigenvalue weighted by molar-refractivity contribution is -0.133. The number of aromatic nitrogens is 1. The van der Waals surface area contributed by atoms with Crippen LogP contribution in [-0.2, 0) is 26.3 Å². The monoisotopic (exact) mass is 464 g/mol. The second-order valence-corrected chi connectivity index (χ2v) is 10.2. The summed E-state index contributed by atoms with van der Waals surface area (Å²) < 4.78 is 41.9. The largest absolute Gasteiger partial charge is 0.483 e. The predicted molar refractivity (Wildman–Crippen MR) is 122 cm³/mol. The molecule has 0 unspecified atom stereocenters. The van der Waals surface area contributed by atoms with E-state index in [9.17, 15) is 13.2 Å². The number of nitrogens with zero attached hydrogens (tertiary/aromatic N) is 4. The maximum absolute atomic E-state index is 12.8. The molecular weight excluding hydrogens is 432 g/mol. The molecule has 0 saturated carbocycles. The van der Waals surface area contributed by atoms with Crippen molar-refractivity contribution in [3.63, 3.8) is 0 Å². The molecule has 2 fully saturated rings. The van der Waals surface area contributed by atoms with Gasteiger partial charge in [-0.05, 0) is 37.5 Å². The molecule has 0 spiro atoms. The summed E-state index contributed by atoms with van der Waals surface area (Å²) in [5.41, 5.74) is 1.03. The Morgan fingerprint density at radius 3 is 2.50 bits per heavy atom. The first-order valence-electron chi connectivity index (χ1n) is 11.2. The number of fused-ring (bicyclic) bond motifs is 1. The summed E-state index contributed by atoms with van der Waals surface area (Å²) in [5, 5.41) is 0.954. The Labute approximate surface area is 189 Å². The lowest BCUT2D eigenvalue weighted by Crippen LogP contribution is -2.44. The summed E-state index contributed by atoms with van der Waals surface area (Å²) in [7, 11) is -1.76. The first kappa shape index (κ1) is 23.0. The van der Waals surface area contributed by atoms with Crippen molar-refractivity contribution in [3.8, 4) is 5.75 Å². The van der Waals surface area contributed by atoms with Crippen LogP contribution in [0.25, 0.3) is 10.9 Å². The Balaban J connectivity index is 1.35. The summed E-state index contributed by atoms with van der Waals surface area (Å²) in [5.74, 6) is 0.543. The molecule has 2 saturated heterocycles. The van der Waals surface area contributed by atoms with E-state index in [1.165, 1.54) is 4.31 Å². The molecule has 0 radical (unpaired) electrons. The topological polar surface area (TPSA) is 84.3 Å². The molecular formula is C22H32N4O5S. The molecule has 0 N–H and O–H groups in total. The summed E-state index contributed by atoms with van der Waals surface area (Å²) in [6, 6.07) is 7.78. The highest BCUT2D eigenvalue weighted by Crippen LogP contribution is 2.27. The van der Waals surface area contributed by atoms with E-state index >= 15 is 0 Å². The number of methoxy groups -OCH3 is 1. The van der Waals surface area contributed by atoms with Gasteiger partial charge in [-0.1, -0.05) is 6.07 Å². The number of amides is 1. The van der Waals surface area contributed by atoms with Gasteiger partial charge in [-0.15, -0.1) is 0 Å². The van der Waals surface area contributed by atoms with Crippen molar-refractivity contribution in [3.05, 3.63) is 30.5 Å². The lowest BCUT2D eigenvalue weighted by atomic mass is 10.2. The normalized spacial score (nSPS) is 18.8. The lowest BCUT2D eigenvalue weighted by Gasteiger charge is -2.26. The third-order valence-corrected chi connectivity index (χ3v) is 8.22. The van der Waals surface area contributed by atoms with E-state index in [-0.39, 0.29) is 12.5 Å². The van der Waals surface area contributed by atoms with Crippen LogP contribution in [0.4, 0.5) is 0 Å². The van der Waals surface area contributed by atoms with Gasteiger partial charge in [-0.2, -0.15) is 17.0 Å². The molecule has 1 aromatic heterocycles. The molecule has 0 bridgehead atoms. The Hall–Kier alpha value is -2.14. The minimum atomic E-state index is -3.43. The van der Waals surface area contributed by atoms with Crippen LogP contribution < -0.4 is 4.74 Å². The number of carbonyl (C=O) groups is 1. The van der Waals surface area contributed by atoms with E-state index in [2.05, 4.69) is 4.57 Å². The summed E-state index contributed by atoms with van der Waals surface area (Å²) >= 11 is 0. The van der Waals surface area contributed by atoms with Crippen LogP contribution in [0.2, 0.25) is 0 Å². The number of hydrogen-bond acceptors (Lipinski definition) is 5. The third kappa shape index (κ3) is 4.93. The quantitative estimate of drug-likeness (QED) is 0.592. The molecule has 3 heterocycles. The molecule has 2 aliphatic heterocycles. The number of rotatable bonds is 8. The van der Waals surface area contributed by atoms with E-state index in [1.807, 2.05) is 30.5 Å². The first-order valence-corrected chi connectivity index (χ1v) is 12.6. The van der Waals surface area contributed by atoms with E-state index in [1.54, 1.807) is 16.3 Å².